The molecular weight excluding hydrogens is 375 g/mol. The molecule has 0 bridgehead atoms. The summed E-state index contributed by atoms with van der Waals surface area (Å²) >= 11 is 1.63. The monoisotopic (exact) mass is 400 g/mol. The van der Waals surface area contributed by atoms with Crippen molar-refractivity contribution < 1.29 is 4.39 Å². The average Bonchev–Trinajstić information content (AvgIpc) is 3.24. The molecule has 0 atom stereocenters. The van der Waals surface area contributed by atoms with Crippen LogP contribution in [0.4, 0.5) is 9.52 Å². The van der Waals surface area contributed by atoms with E-state index in [1.54, 1.807) is 23.5 Å². The van der Waals surface area contributed by atoms with Crippen LogP contribution in [-0.4, -0.2) is 51.1 Å². The molecule has 1 aromatic carbocycles. The van der Waals surface area contributed by atoms with Crippen LogP contribution in [0, 0.1) is 19.7 Å². The Labute approximate surface area is 168 Å². The van der Waals surface area contributed by atoms with Gasteiger partial charge in [-0.3, -0.25) is 9.58 Å². The van der Waals surface area contributed by atoms with E-state index in [1.165, 1.54) is 23.4 Å². The molecule has 0 radical (unpaired) electrons. The SMILES string of the molecule is Cc1nn(C)c(C)c1CN1CCN(c2nnc(Cc3ccc(F)cc3)s2)CC1. The van der Waals surface area contributed by atoms with E-state index < -0.39 is 0 Å². The third kappa shape index (κ3) is 4.07. The highest BCUT2D eigenvalue weighted by atomic mass is 32.1. The first-order valence-electron chi connectivity index (χ1n) is 9.53. The highest BCUT2D eigenvalue weighted by molar-refractivity contribution is 7.15. The maximum Gasteiger partial charge on any atom is 0.208 e. The second-order valence-electron chi connectivity index (χ2n) is 7.32. The standard InChI is InChI=1S/C20H25FN6S/c1-14-18(15(2)25(3)24-14)13-26-8-10-27(11-9-26)20-23-22-19(28-20)12-16-4-6-17(21)7-5-16/h4-7H,8-13H2,1-3H3. The van der Waals surface area contributed by atoms with Gasteiger partial charge in [-0.25, -0.2) is 4.39 Å². The Bertz CT molecular complexity index is 940. The third-order valence-corrected chi connectivity index (χ3v) is 6.39. The van der Waals surface area contributed by atoms with Gasteiger partial charge in [0, 0.05) is 57.4 Å². The average molecular weight is 401 g/mol. The number of nitrogens with zero attached hydrogens (tertiary/aromatic N) is 6. The molecule has 4 rings (SSSR count). The largest absolute Gasteiger partial charge is 0.344 e. The number of anilines is 1. The first kappa shape index (κ1) is 19.0. The Morgan fingerprint density at radius 3 is 2.39 bits per heavy atom. The second-order valence-corrected chi connectivity index (χ2v) is 8.36. The van der Waals surface area contributed by atoms with E-state index in [9.17, 15) is 4.39 Å². The summed E-state index contributed by atoms with van der Waals surface area (Å²) in [5, 5.41) is 15.2. The van der Waals surface area contributed by atoms with Gasteiger partial charge in [0.2, 0.25) is 5.13 Å². The summed E-state index contributed by atoms with van der Waals surface area (Å²) in [4.78, 5) is 4.79. The van der Waals surface area contributed by atoms with Crippen molar-refractivity contribution >= 4 is 16.5 Å². The summed E-state index contributed by atoms with van der Waals surface area (Å²) in [7, 11) is 2.00. The van der Waals surface area contributed by atoms with E-state index in [0.29, 0.717) is 6.42 Å². The Kier molecular flexibility index (Phi) is 5.41. The van der Waals surface area contributed by atoms with Gasteiger partial charge in [-0.15, -0.1) is 10.2 Å². The lowest BCUT2D eigenvalue weighted by atomic mass is 10.1. The van der Waals surface area contributed by atoms with Crippen molar-refractivity contribution in [3.8, 4) is 0 Å². The van der Waals surface area contributed by atoms with Crippen molar-refractivity contribution in [1.82, 2.24) is 24.9 Å². The maximum atomic E-state index is 13.0. The van der Waals surface area contributed by atoms with Gasteiger partial charge in [-0.1, -0.05) is 23.5 Å². The fourth-order valence-electron chi connectivity index (χ4n) is 3.59. The summed E-state index contributed by atoms with van der Waals surface area (Å²) in [6.45, 7) is 9.07. The number of hydrogen-bond donors (Lipinski definition) is 0. The number of halogens is 1. The zero-order valence-corrected chi connectivity index (χ0v) is 17.3. The molecule has 0 unspecified atom stereocenters. The van der Waals surface area contributed by atoms with Gasteiger partial charge in [0.1, 0.15) is 10.8 Å². The first-order valence-corrected chi connectivity index (χ1v) is 10.3. The van der Waals surface area contributed by atoms with Crippen LogP contribution in [0.1, 0.15) is 27.5 Å². The molecule has 0 saturated carbocycles. The summed E-state index contributed by atoms with van der Waals surface area (Å²) in [6.07, 6.45) is 0.692. The Balaban J connectivity index is 1.34. The number of aryl methyl sites for hydroxylation is 2. The predicted molar refractivity (Wildman–Crippen MR) is 109 cm³/mol. The summed E-state index contributed by atoms with van der Waals surface area (Å²) < 4.78 is 15.0. The van der Waals surface area contributed by atoms with E-state index >= 15 is 0 Å². The molecule has 1 aliphatic rings. The number of rotatable bonds is 5. The second kappa shape index (κ2) is 7.97. The molecule has 148 valence electrons. The van der Waals surface area contributed by atoms with Crippen molar-refractivity contribution in [2.45, 2.75) is 26.8 Å². The Morgan fingerprint density at radius 1 is 1.04 bits per heavy atom. The normalized spacial score (nSPS) is 15.4. The van der Waals surface area contributed by atoms with Crippen molar-refractivity contribution in [2.24, 2.45) is 7.05 Å². The number of piperazine rings is 1. The molecule has 1 aliphatic heterocycles. The van der Waals surface area contributed by atoms with E-state index in [1.807, 2.05) is 11.7 Å². The van der Waals surface area contributed by atoms with E-state index in [0.717, 1.165) is 54.1 Å². The van der Waals surface area contributed by atoms with Gasteiger partial charge in [0.25, 0.3) is 0 Å². The maximum absolute atomic E-state index is 13.0. The molecular formula is C20H25FN6S. The summed E-state index contributed by atoms with van der Waals surface area (Å²) in [5.74, 6) is -0.212. The minimum atomic E-state index is -0.212. The molecule has 0 spiro atoms. The molecule has 28 heavy (non-hydrogen) atoms. The first-order chi connectivity index (χ1) is 13.5. The summed E-state index contributed by atoms with van der Waals surface area (Å²) in [5.41, 5.74) is 4.76. The van der Waals surface area contributed by atoms with Crippen molar-refractivity contribution in [3.63, 3.8) is 0 Å². The molecule has 3 heterocycles. The van der Waals surface area contributed by atoms with Crippen LogP contribution in [0.15, 0.2) is 24.3 Å². The highest BCUT2D eigenvalue weighted by Gasteiger charge is 2.22. The lowest BCUT2D eigenvalue weighted by Crippen LogP contribution is -2.46. The van der Waals surface area contributed by atoms with Crippen molar-refractivity contribution in [1.29, 1.82) is 0 Å². The minimum absolute atomic E-state index is 0.212. The van der Waals surface area contributed by atoms with E-state index in [2.05, 4.69) is 38.9 Å². The van der Waals surface area contributed by atoms with Gasteiger partial charge in [-0.05, 0) is 31.5 Å². The molecule has 8 heteroatoms. The molecule has 3 aromatic rings. The van der Waals surface area contributed by atoms with Crippen LogP contribution in [0.25, 0.3) is 0 Å². The third-order valence-electron chi connectivity index (χ3n) is 5.41. The van der Waals surface area contributed by atoms with Gasteiger partial charge in [0.05, 0.1) is 5.69 Å². The lowest BCUT2D eigenvalue weighted by molar-refractivity contribution is 0.248. The van der Waals surface area contributed by atoms with Crippen molar-refractivity contribution in [3.05, 3.63) is 57.6 Å². The number of benzene rings is 1. The predicted octanol–water partition coefficient (Wildman–Crippen LogP) is 2.94. The van der Waals surface area contributed by atoms with Crippen LogP contribution in [0.2, 0.25) is 0 Å². The molecule has 6 nitrogen and oxygen atoms in total. The Morgan fingerprint density at radius 2 is 1.75 bits per heavy atom. The number of aromatic nitrogens is 4. The zero-order valence-electron chi connectivity index (χ0n) is 16.5. The highest BCUT2D eigenvalue weighted by Crippen LogP contribution is 2.24. The zero-order chi connectivity index (χ0) is 19.7. The van der Waals surface area contributed by atoms with Gasteiger partial charge >= 0.3 is 0 Å². The van der Waals surface area contributed by atoms with Crippen LogP contribution in [0.3, 0.4) is 0 Å². The molecule has 1 fully saturated rings. The molecule has 0 amide bonds. The quantitative estimate of drug-likeness (QED) is 0.659. The minimum Gasteiger partial charge on any atom is -0.344 e. The number of hydrogen-bond acceptors (Lipinski definition) is 6. The van der Waals surface area contributed by atoms with Crippen molar-refractivity contribution in [2.75, 3.05) is 31.1 Å². The van der Waals surface area contributed by atoms with E-state index in [4.69, 9.17) is 0 Å². The molecule has 2 aromatic heterocycles. The van der Waals surface area contributed by atoms with Gasteiger partial charge in [-0.2, -0.15) is 5.10 Å². The van der Waals surface area contributed by atoms with Crippen LogP contribution < -0.4 is 4.90 Å². The smallest absolute Gasteiger partial charge is 0.208 e. The lowest BCUT2D eigenvalue weighted by Gasteiger charge is -2.34. The van der Waals surface area contributed by atoms with E-state index in [-0.39, 0.29) is 5.82 Å². The molecule has 1 saturated heterocycles. The van der Waals surface area contributed by atoms with Gasteiger partial charge < -0.3 is 4.90 Å². The molecule has 0 N–H and O–H groups in total. The topological polar surface area (TPSA) is 50.1 Å². The summed E-state index contributed by atoms with van der Waals surface area (Å²) in [6, 6.07) is 6.58. The molecule has 0 aliphatic carbocycles. The fourth-order valence-corrected chi connectivity index (χ4v) is 4.51. The van der Waals surface area contributed by atoms with Crippen LogP contribution in [-0.2, 0) is 20.0 Å². The van der Waals surface area contributed by atoms with Gasteiger partial charge in [0.15, 0.2) is 0 Å². The Hall–Kier alpha value is -2.32. The fraction of sp³-hybridized carbons (Fsp3) is 0.450. The van der Waals surface area contributed by atoms with Crippen LogP contribution >= 0.6 is 11.3 Å². The van der Waals surface area contributed by atoms with Crippen LogP contribution in [0.5, 0.6) is 0 Å².